The van der Waals surface area contributed by atoms with Gasteiger partial charge in [-0.25, -0.2) is 15.0 Å². The minimum absolute atomic E-state index is 0.653. The molecule has 1 aromatic heterocycles. The van der Waals surface area contributed by atoms with Gasteiger partial charge in [0.25, 0.3) is 0 Å². The van der Waals surface area contributed by atoms with Crippen molar-refractivity contribution in [2.75, 3.05) is 0 Å². The van der Waals surface area contributed by atoms with Crippen LogP contribution in [-0.2, 0) is 0 Å². The highest BCUT2D eigenvalue weighted by Crippen LogP contribution is 2.29. The minimum Gasteiger partial charge on any atom is -0.208 e. The van der Waals surface area contributed by atoms with Crippen molar-refractivity contribution < 1.29 is 0 Å². The average molecular weight is 514 g/mol. The number of hydrogen-bond donors (Lipinski definition) is 0. The summed E-state index contributed by atoms with van der Waals surface area (Å²) < 4.78 is 1.02. The van der Waals surface area contributed by atoms with E-state index in [0.29, 0.717) is 17.5 Å². The molecule has 0 spiro atoms. The molecule has 6 rings (SSSR count). The molecule has 4 heteroatoms. The van der Waals surface area contributed by atoms with Crippen molar-refractivity contribution in [3.05, 3.63) is 126 Å². The highest BCUT2D eigenvalue weighted by molar-refractivity contribution is 9.10. The summed E-state index contributed by atoms with van der Waals surface area (Å²) in [5.41, 5.74) is 5.20. The van der Waals surface area contributed by atoms with E-state index in [1.54, 1.807) is 0 Å². The lowest BCUT2D eigenvalue weighted by Gasteiger charge is -2.09. The molecule has 1 heterocycles. The normalized spacial score (nSPS) is 11.0. The van der Waals surface area contributed by atoms with E-state index >= 15 is 0 Å². The molecule has 0 bridgehead atoms. The SMILES string of the molecule is Brc1ccc(-c2nc(-c3ccccc3)nc(-c3ccc(-c4ccc5ccccc5c4)cc3)n2)cc1. The Hall–Kier alpha value is -4.15. The largest absolute Gasteiger partial charge is 0.208 e. The molecule has 6 aromatic rings. The Morgan fingerprint density at radius 3 is 1.46 bits per heavy atom. The van der Waals surface area contributed by atoms with Crippen molar-refractivity contribution in [1.82, 2.24) is 15.0 Å². The number of benzene rings is 5. The molecule has 0 N–H and O–H groups in total. The summed E-state index contributed by atoms with van der Waals surface area (Å²) in [5, 5.41) is 2.48. The van der Waals surface area contributed by atoms with E-state index in [4.69, 9.17) is 15.0 Å². The van der Waals surface area contributed by atoms with Gasteiger partial charge in [0.1, 0.15) is 0 Å². The summed E-state index contributed by atoms with van der Waals surface area (Å²) in [6.07, 6.45) is 0. The molecule has 35 heavy (non-hydrogen) atoms. The number of nitrogens with zero attached hydrogens (tertiary/aromatic N) is 3. The molecule has 5 aromatic carbocycles. The molecule has 0 unspecified atom stereocenters. The molecular formula is C31H20BrN3. The van der Waals surface area contributed by atoms with Crippen molar-refractivity contribution in [3.8, 4) is 45.3 Å². The fourth-order valence-corrected chi connectivity index (χ4v) is 4.39. The summed E-state index contributed by atoms with van der Waals surface area (Å²) in [6, 6.07) is 41.5. The van der Waals surface area contributed by atoms with Gasteiger partial charge >= 0.3 is 0 Å². The lowest BCUT2D eigenvalue weighted by molar-refractivity contribution is 1.07. The fraction of sp³-hybridized carbons (Fsp3) is 0. The van der Waals surface area contributed by atoms with E-state index in [-0.39, 0.29) is 0 Å². The first kappa shape index (κ1) is 21.4. The lowest BCUT2D eigenvalue weighted by Crippen LogP contribution is -2.00. The second-order valence-electron chi connectivity index (χ2n) is 8.32. The van der Waals surface area contributed by atoms with Crippen LogP contribution in [-0.4, -0.2) is 15.0 Å². The van der Waals surface area contributed by atoms with E-state index in [0.717, 1.165) is 26.7 Å². The van der Waals surface area contributed by atoms with Crippen molar-refractivity contribution in [2.24, 2.45) is 0 Å². The van der Waals surface area contributed by atoms with Crippen molar-refractivity contribution in [3.63, 3.8) is 0 Å². The smallest absolute Gasteiger partial charge is 0.164 e. The maximum absolute atomic E-state index is 4.83. The molecule has 0 aliphatic rings. The number of fused-ring (bicyclic) bond motifs is 1. The molecule has 0 fully saturated rings. The van der Waals surface area contributed by atoms with Gasteiger partial charge in [-0.1, -0.05) is 119 Å². The Kier molecular flexibility index (Phi) is 5.65. The van der Waals surface area contributed by atoms with Crippen molar-refractivity contribution >= 4 is 26.7 Å². The van der Waals surface area contributed by atoms with Gasteiger partial charge in [-0.15, -0.1) is 0 Å². The van der Waals surface area contributed by atoms with Crippen molar-refractivity contribution in [2.45, 2.75) is 0 Å². The van der Waals surface area contributed by atoms with E-state index in [9.17, 15) is 0 Å². The number of hydrogen-bond acceptors (Lipinski definition) is 3. The van der Waals surface area contributed by atoms with Crippen LogP contribution in [0.3, 0.4) is 0 Å². The number of rotatable bonds is 4. The monoisotopic (exact) mass is 513 g/mol. The fourth-order valence-electron chi connectivity index (χ4n) is 4.13. The Morgan fingerprint density at radius 2 is 0.829 bits per heavy atom. The van der Waals surface area contributed by atoms with Gasteiger partial charge in [0.2, 0.25) is 0 Å². The highest BCUT2D eigenvalue weighted by atomic mass is 79.9. The van der Waals surface area contributed by atoms with E-state index in [2.05, 4.69) is 82.7 Å². The van der Waals surface area contributed by atoms with Crippen molar-refractivity contribution in [1.29, 1.82) is 0 Å². The van der Waals surface area contributed by atoms with Gasteiger partial charge in [-0.05, 0) is 40.1 Å². The van der Waals surface area contributed by atoms with E-state index in [1.807, 2.05) is 54.6 Å². The Balaban J connectivity index is 1.42. The Labute approximate surface area is 212 Å². The predicted molar refractivity (Wildman–Crippen MR) is 147 cm³/mol. The molecule has 0 aliphatic carbocycles. The molecule has 0 atom stereocenters. The highest BCUT2D eigenvalue weighted by Gasteiger charge is 2.12. The zero-order valence-corrected chi connectivity index (χ0v) is 20.4. The van der Waals surface area contributed by atoms with Crippen LogP contribution >= 0.6 is 15.9 Å². The molecule has 0 amide bonds. The van der Waals surface area contributed by atoms with Crippen LogP contribution in [0.1, 0.15) is 0 Å². The predicted octanol–water partition coefficient (Wildman–Crippen LogP) is 8.46. The molecular weight excluding hydrogens is 494 g/mol. The summed E-state index contributed by atoms with van der Waals surface area (Å²) in [5.74, 6) is 1.97. The van der Waals surface area contributed by atoms with Crippen LogP contribution in [0.15, 0.2) is 126 Å². The van der Waals surface area contributed by atoms with Crippen LogP contribution in [0.2, 0.25) is 0 Å². The van der Waals surface area contributed by atoms with Crippen LogP contribution < -0.4 is 0 Å². The zero-order valence-electron chi connectivity index (χ0n) is 18.8. The first-order chi connectivity index (χ1) is 17.2. The molecule has 166 valence electrons. The first-order valence-corrected chi connectivity index (χ1v) is 12.2. The van der Waals surface area contributed by atoms with Gasteiger partial charge in [-0.3, -0.25) is 0 Å². The first-order valence-electron chi connectivity index (χ1n) is 11.4. The van der Waals surface area contributed by atoms with E-state index in [1.165, 1.54) is 16.3 Å². The second-order valence-corrected chi connectivity index (χ2v) is 9.23. The van der Waals surface area contributed by atoms with Gasteiger partial charge < -0.3 is 0 Å². The topological polar surface area (TPSA) is 38.7 Å². The second kappa shape index (κ2) is 9.24. The van der Waals surface area contributed by atoms with Gasteiger partial charge in [0, 0.05) is 21.2 Å². The standard InChI is InChI=1S/C31H20BrN3/c32-28-18-16-25(17-19-28)31-34-29(23-7-2-1-3-8-23)33-30(35-31)24-13-10-22(11-14-24)27-15-12-21-6-4-5-9-26(21)20-27/h1-20H. The summed E-state index contributed by atoms with van der Waals surface area (Å²) >= 11 is 3.51. The third-order valence-corrected chi connectivity index (χ3v) is 6.52. The van der Waals surface area contributed by atoms with Crippen LogP contribution in [0.25, 0.3) is 56.1 Å². The minimum atomic E-state index is 0.653. The van der Waals surface area contributed by atoms with Crippen LogP contribution in [0.5, 0.6) is 0 Å². The maximum Gasteiger partial charge on any atom is 0.164 e. The Morgan fingerprint density at radius 1 is 0.371 bits per heavy atom. The number of aromatic nitrogens is 3. The van der Waals surface area contributed by atoms with Gasteiger partial charge in [0.05, 0.1) is 0 Å². The third-order valence-electron chi connectivity index (χ3n) is 6.00. The summed E-state index contributed by atoms with van der Waals surface area (Å²) in [6.45, 7) is 0. The summed E-state index contributed by atoms with van der Waals surface area (Å²) in [7, 11) is 0. The molecule has 0 saturated heterocycles. The molecule has 3 nitrogen and oxygen atoms in total. The third kappa shape index (κ3) is 4.48. The van der Waals surface area contributed by atoms with Gasteiger partial charge in [-0.2, -0.15) is 0 Å². The van der Waals surface area contributed by atoms with Crippen LogP contribution in [0, 0.1) is 0 Å². The number of halogens is 1. The van der Waals surface area contributed by atoms with Gasteiger partial charge in [0.15, 0.2) is 17.5 Å². The quantitative estimate of drug-likeness (QED) is 0.237. The maximum atomic E-state index is 4.83. The molecule has 0 aliphatic heterocycles. The Bertz CT molecular complexity index is 1630. The molecule has 0 radical (unpaired) electrons. The summed E-state index contributed by atoms with van der Waals surface area (Å²) in [4.78, 5) is 14.4. The zero-order chi connectivity index (χ0) is 23.6. The molecule has 0 saturated carbocycles. The average Bonchev–Trinajstić information content (AvgIpc) is 2.93. The lowest BCUT2D eigenvalue weighted by atomic mass is 10.00. The van der Waals surface area contributed by atoms with E-state index < -0.39 is 0 Å². The van der Waals surface area contributed by atoms with Crippen LogP contribution in [0.4, 0.5) is 0 Å².